The lowest BCUT2D eigenvalue weighted by Crippen LogP contribution is -2.41. The van der Waals surface area contributed by atoms with Gasteiger partial charge in [0.05, 0.1) is 17.2 Å². The highest BCUT2D eigenvalue weighted by molar-refractivity contribution is 9.13. The third-order valence-corrected chi connectivity index (χ3v) is 5.37. The number of halogens is 2. The zero-order valence-corrected chi connectivity index (χ0v) is 18.3. The smallest absolute Gasteiger partial charge is 0.348 e. The van der Waals surface area contributed by atoms with Crippen molar-refractivity contribution in [3.05, 3.63) is 26.1 Å². The van der Waals surface area contributed by atoms with Gasteiger partial charge >= 0.3 is 11.9 Å². The van der Waals surface area contributed by atoms with E-state index in [1.165, 1.54) is 19.9 Å². The minimum atomic E-state index is -1.28. The van der Waals surface area contributed by atoms with Gasteiger partial charge in [-0.2, -0.15) is 0 Å². The molecule has 1 saturated heterocycles. The lowest BCUT2D eigenvalue weighted by molar-refractivity contribution is -0.222. The third-order valence-electron chi connectivity index (χ3n) is 3.23. The number of carbonyl (C=O) groups is 2. The van der Waals surface area contributed by atoms with E-state index >= 15 is 0 Å². The van der Waals surface area contributed by atoms with Crippen LogP contribution in [0.4, 0.5) is 0 Å². The third kappa shape index (κ3) is 4.59. The zero-order chi connectivity index (χ0) is 19.6. The summed E-state index contributed by atoms with van der Waals surface area (Å²) >= 11 is 6.94. The second kappa shape index (κ2) is 8.00. The number of cyclic esters (lactones) is 2. The van der Waals surface area contributed by atoms with E-state index < -0.39 is 17.7 Å². The van der Waals surface area contributed by atoms with Crippen molar-refractivity contribution in [2.24, 2.45) is 0 Å². The summed E-state index contributed by atoms with van der Waals surface area (Å²) in [6, 6.07) is 1.68. The fraction of sp³-hybridized carbons (Fsp3) is 0.444. The van der Waals surface area contributed by atoms with E-state index in [0.717, 1.165) is 0 Å². The molecule has 1 fully saturated rings. The Morgan fingerprint density at radius 2 is 1.73 bits per heavy atom. The fourth-order valence-corrected chi connectivity index (χ4v) is 3.18. The average Bonchev–Trinajstić information content (AvgIpc) is 2.50. The van der Waals surface area contributed by atoms with E-state index in [1.54, 1.807) is 6.07 Å². The molecule has 1 aromatic carbocycles. The van der Waals surface area contributed by atoms with Crippen molar-refractivity contribution in [2.45, 2.75) is 46.5 Å². The predicted molar refractivity (Wildman–Crippen MR) is 103 cm³/mol. The van der Waals surface area contributed by atoms with E-state index in [2.05, 4.69) is 31.9 Å². The van der Waals surface area contributed by atoms with Gasteiger partial charge in [0, 0.05) is 18.3 Å². The highest BCUT2D eigenvalue weighted by Gasteiger charge is 2.39. The number of hydrogen-bond acceptors (Lipinski definition) is 6. The minimum absolute atomic E-state index is 0.0628. The average molecular weight is 492 g/mol. The molecule has 8 heteroatoms. The molecule has 0 aliphatic carbocycles. The van der Waals surface area contributed by atoms with Crippen molar-refractivity contribution in [3.63, 3.8) is 0 Å². The van der Waals surface area contributed by atoms with Crippen molar-refractivity contribution >= 4 is 49.9 Å². The molecule has 0 atom stereocenters. The van der Waals surface area contributed by atoms with Gasteiger partial charge in [-0.15, -0.1) is 0 Å². The molecule has 0 saturated carbocycles. The highest BCUT2D eigenvalue weighted by atomic mass is 79.9. The number of hydrogen-bond donors (Lipinski definition) is 0. The van der Waals surface area contributed by atoms with Crippen LogP contribution in [-0.2, 0) is 19.1 Å². The summed E-state index contributed by atoms with van der Waals surface area (Å²) in [5.41, 5.74) is 0.344. The normalized spacial score (nSPS) is 16.2. The minimum Gasteiger partial charge on any atom is -0.490 e. The topological polar surface area (TPSA) is 71.1 Å². The second-order valence-corrected chi connectivity index (χ2v) is 7.84. The number of ether oxygens (including phenoxy) is 4. The van der Waals surface area contributed by atoms with Gasteiger partial charge < -0.3 is 18.9 Å². The molecular formula is C18H20Br2O6. The van der Waals surface area contributed by atoms with Crippen LogP contribution >= 0.6 is 31.9 Å². The van der Waals surface area contributed by atoms with Gasteiger partial charge in [0.15, 0.2) is 11.5 Å². The molecule has 2 rings (SSSR count). The SMILES string of the molecule is CCOc1cc(C=C2C(=O)OC(C)(C)OC2=O)c(Br)c(Br)c1OC(C)C. The van der Waals surface area contributed by atoms with Gasteiger partial charge in [-0.1, -0.05) is 0 Å². The van der Waals surface area contributed by atoms with Crippen LogP contribution in [0.25, 0.3) is 6.08 Å². The van der Waals surface area contributed by atoms with Gasteiger partial charge in [-0.25, -0.2) is 9.59 Å². The molecule has 1 aliphatic heterocycles. The van der Waals surface area contributed by atoms with Crippen LogP contribution in [0.5, 0.6) is 11.5 Å². The summed E-state index contributed by atoms with van der Waals surface area (Å²) in [5, 5.41) is 0. The summed E-state index contributed by atoms with van der Waals surface area (Å²) in [5.74, 6) is -1.74. The van der Waals surface area contributed by atoms with E-state index in [9.17, 15) is 9.59 Å². The van der Waals surface area contributed by atoms with Gasteiger partial charge in [0.2, 0.25) is 0 Å². The van der Waals surface area contributed by atoms with Gasteiger partial charge in [-0.05, 0) is 70.3 Å². The highest BCUT2D eigenvalue weighted by Crippen LogP contribution is 2.44. The molecule has 1 aliphatic rings. The lowest BCUT2D eigenvalue weighted by atomic mass is 10.1. The molecule has 0 bridgehead atoms. The van der Waals surface area contributed by atoms with Crippen LogP contribution in [0.1, 0.15) is 40.2 Å². The lowest BCUT2D eigenvalue weighted by Gasteiger charge is -2.29. The Bertz CT molecular complexity index is 745. The van der Waals surface area contributed by atoms with E-state index in [-0.39, 0.29) is 11.7 Å². The Balaban J connectivity index is 2.53. The first-order valence-corrected chi connectivity index (χ1v) is 9.64. The molecule has 0 amide bonds. The van der Waals surface area contributed by atoms with Crippen LogP contribution in [-0.4, -0.2) is 30.4 Å². The second-order valence-electron chi connectivity index (χ2n) is 6.26. The predicted octanol–water partition coefficient (Wildman–Crippen LogP) is 4.62. The zero-order valence-electron chi connectivity index (χ0n) is 15.1. The van der Waals surface area contributed by atoms with Gasteiger partial charge in [0.1, 0.15) is 5.57 Å². The summed E-state index contributed by atoms with van der Waals surface area (Å²) in [6.07, 6.45) is 1.34. The van der Waals surface area contributed by atoms with Crippen LogP contribution in [0.15, 0.2) is 20.6 Å². The number of esters is 2. The first-order chi connectivity index (χ1) is 12.1. The van der Waals surface area contributed by atoms with Gasteiger partial charge in [-0.3, -0.25) is 0 Å². The first-order valence-electron chi connectivity index (χ1n) is 8.05. The standard InChI is InChI=1S/C18H20Br2O6/c1-6-23-12-8-10(13(19)14(20)15(12)24-9(2)3)7-11-16(21)25-18(4,5)26-17(11)22/h7-9H,6H2,1-5H3. The maximum absolute atomic E-state index is 12.2. The summed E-state index contributed by atoms with van der Waals surface area (Å²) in [6.45, 7) is 9.08. The fourth-order valence-electron chi connectivity index (χ4n) is 2.25. The van der Waals surface area contributed by atoms with Crippen molar-refractivity contribution in [2.75, 3.05) is 6.61 Å². The molecule has 0 unspecified atom stereocenters. The van der Waals surface area contributed by atoms with E-state index in [1.807, 2.05) is 20.8 Å². The molecule has 1 heterocycles. The van der Waals surface area contributed by atoms with Crippen molar-refractivity contribution in [1.82, 2.24) is 0 Å². The number of benzene rings is 1. The van der Waals surface area contributed by atoms with Crippen molar-refractivity contribution in [1.29, 1.82) is 0 Å². The molecule has 6 nitrogen and oxygen atoms in total. The van der Waals surface area contributed by atoms with E-state index in [4.69, 9.17) is 18.9 Å². The molecule has 26 heavy (non-hydrogen) atoms. The Labute approximate surface area is 169 Å². The number of carbonyl (C=O) groups excluding carboxylic acids is 2. The summed E-state index contributed by atoms with van der Waals surface area (Å²) in [4.78, 5) is 24.3. The quantitative estimate of drug-likeness (QED) is 0.340. The first kappa shape index (κ1) is 20.8. The van der Waals surface area contributed by atoms with Crippen molar-refractivity contribution < 1.29 is 28.5 Å². The van der Waals surface area contributed by atoms with Crippen LogP contribution < -0.4 is 9.47 Å². The molecule has 0 spiro atoms. The molecule has 1 aromatic rings. The maximum Gasteiger partial charge on any atom is 0.348 e. The van der Waals surface area contributed by atoms with Crippen LogP contribution in [0, 0.1) is 0 Å². The molecular weight excluding hydrogens is 472 g/mol. The molecule has 142 valence electrons. The van der Waals surface area contributed by atoms with E-state index in [0.29, 0.717) is 32.6 Å². The van der Waals surface area contributed by atoms with Gasteiger partial charge in [0.25, 0.3) is 5.79 Å². The maximum atomic E-state index is 12.2. The Morgan fingerprint density at radius 3 is 2.23 bits per heavy atom. The Kier molecular flexibility index (Phi) is 6.39. The van der Waals surface area contributed by atoms with Crippen LogP contribution in [0.2, 0.25) is 0 Å². The van der Waals surface area contributed by atoms with Crippen LogP contribution in [0.3, 0.4) is 0 Å². The summed E-state index contributed by atoms with van der Waals surface area (Å²) in [7, 11) is 0. The summed E-state index contributed by atoms with van der Waals surface area (Å²) < 4.78 is 22.9. The largest absolute Gasteiger partial charge is 0.490 e. The molecule has 0 N–H and O–H groups in total. The Hall–Kier alpha value is -1.54. The van der Waals surface area contributed by atoms with Crippen molar-refractivity contribution in [3.8, 4) is 11.5 Å². The Morgan fingerprint density at radius 1 is 1.15 bits per heavy atom. The molecule has 0 aromatic heterocycles. The monoisotopic (exact) mass is 490 g/mol. The number of rotatable bonds is 5. The molecule has 0 radical (unpaired) electrons.